The SMILES string of the molecule is CC(C)C(NC(=O)CSc1nnc2n(C)c(=O)c3ccccc3n12)c1cccs1. The van der Waals surface area contributed by atoms with E-state index in [-0.39, 0.29) is 29.2 Å². The van der Waals surface area contributed by atoms with Gasteiger partial charge in [0.25, 0.3) is 5.56 Å². The molecule has 1 atom stereocenters. The number of rotatable bonds is 6. The lowest BCUT2D eigenvalue weighted by molar-refractivity contribution is -0.119. The molecule has 29 heavy (non-hydrogen) atoms. The third-order valence-electron chi connectivity index (χ3n) is 4.76. The maximum atomic E-state index is 12.6. The van der Waals surface area contributed by atoms with E-state index in [0.717, 1.165) is 10.4 Å². The van der Waals surface area contributed by atoms with Crippen LogP contribution in [0, 0.1) is 5.92 Å². The fraction of sp³-hybridized carbons (Fsp3) is 0.300. The molecule has 0 bridgehead atoms. The Hall–Kier alpha value is -2.65. The van der Waals surface area contributed by atoms with Crippen LogP contribution in [0.15, 0.2) is 51.7 Å². The number of carbonyl (C=O) groups is 1. The van der Waals surface area contributed by atoms with Gasteiger partial charge in [0.1, 0.15) is 0 Å². The Balaban J connectivity index is 1.59. The van der Waals surface area contributed by atoms with Crippen LogP contribution in [0.25, 0.3) is 16.7 Å². The normalized spacial score (nSPS) is 12.7. The van der Waals surface area contributed by atoms with Crippen molar-refractivity contribution < 1.29 is 4.79 Å². The van der Waals surface area contributed by atoms with Crippen molar-refractivity contribution in [2.75, 3.05) is 5.75 Å². The Kier molecular flexibility index (Phi) is 5.42. The first kappa shape index (κ1) is 19.7. The van der Waals surface area contributed by atoms with Gasteiger partial charge in [0.2, 0.25) is 11.7 Å². The van der Waals surface area contributed by atoms with Gasteiger partial charge >= 0.3 is 0 Å². The van der Waals surface area contributed by atoms with Gasteiger partial charge < -0.3 is 5.32 Å². The predicted octanol–water partition coefficient (Wildman–Crippen LogP) is 3.25. The van der Waals surface area contributed by atoms with Crippen LogP contribution in [0.2, 0.25) is 0 Å². The quantitative estimate of drug-likeness (QED) is 0.478. The number of thiophene rings is 1. The fourth-order valence-electron chi connectivity index (χ4n) is 3.28. The van der Waals surface area contributed by atoms with E-state index in [1.54, 1.807) is 24.5 Å². The predicted molar refractivity (Wildman–Crippen MR) is 116 cm³/mol. The molecular formula is C20H21N5O2S2. The van der Waals surface area contributed by atoms with Crippen LogP contribution in [-0.4, -0.2) is 30.8 Å². The molecule has 1 aromatic carbocycles. The molecule has 0 aliphatic rings. The van der Waals surface area contributed by atoms with Crippen molar-refractivity contribution >= 4 is 45.7 Å². The maximum absolute atomic E-state index is 12.6. The standard InChI is InChI=1S/C20H21N5O2S2/c1-12(2)17(15-9-6-10-28-15)21-16(26)11-29-20-23-22-19-24(3)18(27)13-7-4-5-8-14(13)25(19)20/h4-10,12,17H,11H2,1-3H3,(H,21,26). The number of nitrogens with zero attached hydrogens (tertiary/aromatic N) is 4. The zero-order valence-electron chi connectivity index (χ0n) is 16.3. The molecule has 9 heteroatoms. The third-order valence-corrected chi connectivity index (χ3v) is 6.65. The third kappa shape index (κ3) is 3.67. The number of nitrogens with one attached hydrogen (secondary N) is 1. The number of aryl methyl sites for hydroxylation is 1. The monoisotopic (exact) mass is 427 g/mol. The van der Waals surface area contributed by atoms with E-state index in [4.69, 9.17) is 0 Å². The minimum atomic E-state index is -0.120. The average molecular weight is 428 g/mol. The lowest BCUT2D eigenvalue weighted by Gasteiger charge is -2.21. The van der Waals surface area contributed by atoms with Gasteiger partial charge in [0.05, 0.1) is 22.7 Å². The molecule has 1 amide bonds. The van der Waals surface area contributed by atoms with E-state index >= 15 is 0 Å². The van der Waals surface area contributed by atoms with Crippen molar-refractivity contribution in [3.05, 3.63) is 57.0 Å². The molecule has 0 fully saturated rings. The second kappa shape index (κ2) is 8.00. The van der Waals surface area contributed by atoms with E-state index < -0.39 is 0 Å². The molecule has 3 heterocycles. The summed E-state index contributed by atoms with van der Waals surface area (Å²) < 4.78 is 3.30. The Morgan fingerprint density at radius 2 is 2.00 bits per heavy atom. The average Bonchev–Trinajstić information content (AvgIpc) is 3.38. The summed E-state index contributed by atoms with van der Waals surface area (Å²) in [5.41, 5.74) is 0.614. The Morgan fingerprint density at radius 3 is 2.72 bits per heavy atom. The number of carbonyl (C=O) groups excluding carboxylic acids is 1. The van der Waals surface area contributed by atoms with Crippen LogP contribution >= 0.6 is 23.1 Å². The van der Waals surface area contributed by atoms with Gasteiger partial charge in [-0.05, 0) is 29.5 Å². The highest BCUT2D eigenvalue weighted by molar-refractivity contribution is 7.99. The number of amides is 1. The topological polar surface area (TPSA) is 81.3 Å². The summed E-state index contributed by atoms with van der Waals surface area (Å²) in [7, 11) is 1.67. The minimum Gasteiger partial charge on any atom is -0.347 e. The number of para-hydroxylation sites is 1. The highest BCUT2D eigenvalue weighted by Crippen LogP contribution is 2.26. The van der Waals surface area contributed by atoms with Crippen molar-refractivity contribution in [1.82, 2.24) is 24.5 Å². The van der Waals surface area contributed by atoms with Crippen LogP contribution < -0.4 is 10.9 Å². The first-order valence-electron chi connectivity index (χ1n) is 9.25. The molecule has 0 saturated heterocycles. The van der Waals surface area contributed by atoms with Gasteiger partial charge in [0, 0.05) is 11.9 Å². The molecule has 0 aliphatic heterocycles. The largest absolute Gasteiger partial charge is 0.347 e. The minimum absolute atomic E-state index is 0.0140. The van der Waals surface area contributed by atoms with E-state index in [2.05, 4.69) is 29.4 Å². The molecule has 0 radical (unpaired) electrons. The lowest BCUT2D eigenvalue weighted by Crippen LogP contribution is -2.32. The van der Waals surface area contributed by atoms with E-state index in [9.17, 15) is 9.59 Å². The first-order valence-corrected chi connectivity index (χ1v) is 11.1. The molecule has 4 aromatic rings. The van der Waals surface area contributed by atoms with E-state index in [1.807, 2.05) is 40.1 Å². The number of benzene rings is 1. The van der Waals surface area contributed by atoms with Crippen molar-refractivity contribution in [2.24, 2.45) is 13.0 Å². The van der Waals surface area contributed by atoms with E-state index in [1.165, 1.54) is 16.3 Å². The summed E-state index contributed by atoms with van der Waals surface area (Å²) in [5.74, 6) is 0.894. The number of thioether (sulfide) groups is 1. The second-order valence-electron chi connectivity index (χ2n) is 7.09. The number of hydrogen-bond donors (Lipinski definition) is 1. The lowest BCUT2D eigenvalue weighted by atomic mass is 10.0. The zero-order chi connectivity index (χ0) is 20.5. The molecule has 4 rings (SSSR count). The van der Waals surface area contributed by atoms with Crippen LogP contribution in [0.5, 0.6) is 0 Å². The second-order valence-corrected chi connectivity index (χ2v) is 9.01. The Morgan fingerprint density at radius 1 is 1.21 bits per heavy atom. The van der Waals surface area contributed by atoms with E-state index in [0.29, 0.717) is 16.3 Å². The Labute approximate surface area is 175 Å². The van der Waals surface area contributed by atoms with Crippen LogP contribution in [-0.2, 0) is 11.8 Å². The van der Waals surface area contributed by atoms with Crippen molar-refractivity contribution in [2.45, 2.75) is 25.0 Å². The number of aromatic nitrogens is 4. The molecule has 150 valence electrons. The highest BCUT2D eigenvalue weighted by atomic mass is 32.2. The Bertz CT molecular complexity index is 1230. The molecule has 1 unspecified atom stereocenters. The molecule has 3 aromatic heterocycles. The fourth-order valence-corrected chi connectivity index (χ4v) is 4.98. The molecule has 0 aliphatic carbocycles. The summed E-state index contributed by atoms with van der Waals surface area (Å²) in [6.45, 7) is 4.19. The van der Waals surface area contributed by atoms with Crippen LogP contribution in [0.3, 0.4) is 0 Å². The molecule has 1 N–H and O–H groups in total. The number of hydrogen-bond acceptors (Lipinski definition) is 6. The van der Waals surface area contributed by atoms with Gasteiger partial charge in [-0.3, -0.25) is 18.6 Å². The number of fused-ring (bicyclic) bond motifs is 3. The van der Waals surface area contributed by atoms with Crippen molar-refractivity contribution in [3.8, 4) is 0 Å². The summed E-state index contributed by atoms with van der Waals surface area (Å²) >= 11 is 2.95. The van der Waals surface area contributed by atoms with Gasteiger partial charge in [-0.15, -0.1) is 21.5 Å². The zero-order valence-corrected chi connectivity index (χ0v) is 18.0. The molecule has 7 nitrogen and oxygen atoms in total. The molecule has 0 spiro atoms. The van der Waals surface area contributed by atoms with Crippen molar-refractivity contribution in [3.63, 3.8) is 0 Å². The highest BCUT2D eigenvalue weighted by Gasteiger charge is 2.20. The summed E-state index contributed by atoms with van der Waals surface area (Å²) in [5, 5.41) is 14.7. The van der Waals surface area contributed by atoms with Crippen LogP contribution in [0.1, 0.15) is 24.8 Å². The van der Waals surface area contributed by atoms with Gasteiger partial charge in [-0.25, -0.2) is 0 Å². The maximum Gasteiger partial charge on any atom is 0.262 e. The van der Waals surface area contributed by atoms with Gasteiger partial charge in [-0.1, -0.05) is 43.8 Å². The van der Waals surface area contributed by atoms with Crippen LogP contribution in [0.4, 0.5) is 0 Å². The first-order chi connectivity index (χ1) is 14.0. The summed E-state index contributed by atoms with van der Waals surface area (Å²) in [6, 6.07) is 11.4. The van der Waals surface area contributed by atoms with Gasteiger partial charge in [0.15, 0.2) is 5.16 Å². The molecule has 0 saturated carbocycles. The van der Waals surface area contributed by atoms with Gasteiger partial charge in [-0.2, -0.15) is 0 Å². The summed E-state index contributed by atoms with van der Waals surface area (Å²) in [6.07, 6.45) is 0. The molecular weight excluding hydrogens is 406 g/mol. The summed E-state index contributed by atoms with van der Waals surface area (Å²) in [4.78, 5) is 26.3. The van der Waals surface area contributed by atoms with Crippen molar-refractivity contribution in [1.29, 1.82) is 0 Å². The smallest absolute Gasteiger partial charge is 0.262 e.